The van der Waals surface area contributed by atoms with Crippen LogP contribution in [0.4, 0.5) is 16.3 Å². The molecular formula is C28H30N6O5S. The Morgan fingerprint density at radius 1 is 0.975 bits per heavy atom. The molecule has 208 valence electrons. The quantitative estimate of drug-likeness (QED) is 0.466. The maximum Gasteiger partial charge on any atom is 0.320 e. The Balaban J connectivity index is 1.02. The molecule has 0 aliphatic carbocycles. The minimum Gasteiger partial charge on any atom is -0.454 e. The van der Waals surface area contributed by atoms with Gasteiger partial charge in [0.1, 0.15) is 11.5 Å². The van der Waals surface area contributed by atoms with Crippen LogP contribution in [0.1, 0.15) is 51.5 Å². The van der Waals surface area contributed by atoms with E-state index >= 15 is 0 Å². The van der Waals surface area contributed by atoms with Crippen molar-refractivity contribution in [2.75, 3.05) is 56.3 Å². The summed E-state index contributed by atoms with van der Waals surface area (Å²) in [4.78, 5) is 53.4. The van der Waals surface area contributed by atoms with Gasteiger partial charge in [-0.1, -0.05) is 6.07 Å². The van der Waals surface area contributed by atoms with Gasteiger partial charge in [0, 0.05) is 68.4 Å². The number of aromatic nitrogens is 2. The monoisotopic (exact) mass is 562 g/mol. The molecule has 3 aliphatic heterocycles. The van der Waals surface area contributed by atoms with E-state index in [1.54, 1.807) is 23.7 Å². The van der Waals surface area contributed by atoms with E-state index in [9.17, 15) is 14.4 Å². The number of nitrogens with zero attached hydrogens (tertiary/aromatic N) is 5. The van der Waals surface area contributed by atoms with Crippen molar-refractivity contribution in [1.82, 2.24) is 19.8 Å². The summed E-state index contributed by atoms with van der Waals surface area (Å²) in [5.74, 6) is 1.52. The molecule has 0 unspecified atom stereocenters. The normalized spacial score (nSPS) is 17.2. The number of amides is 3. The standard InChI is InChI=1S/C28H30N6O5S/c1-18(35)20-14-23-24(39-17-38-23)15-21(20)30-26(36)22-16-40-27(31-22)19-5-8-33(9-6-19)28(37)34-12-10-32(11-13-34)25-4-2-3-7-29-25/h2-4,7,14-16,19H,5-6,8-13,17H2,1H3,(H,30,36). The van der Waals surface area contributed by atoms with E-state index in [-0.39, 0.29) is 30.4 Å². The minimum atomic E-state index is -0.388. The molecular weight excluding hydrogens is 532 g/mol. The number of Topliss-reactive ketones (excluding diaryl/α,β-unsaturated/α-hetero) is 1. The number of ketones is 1. The smallest absolute Gasteiger partial charge is 0.320 e. The van der Waals surface area contributed by atoms with E-state index in [0.29, 0.717) is 54.6 Å². The molecule has 0 saturated carbocycles. The number of nitrogens with one attached hydrogen (secondary N) is 1. The van der Waals surface area contributed by atoms with Gasteiger partial charge >= 0.3 is 6.03 Å². The number of benzene rings is 1. The van der Waals surface area contributed by atoms with Crippen LogP contribution in [0.3, 0.4) is 0 Å². The molecule has 2 aromatic heterocycles. The molecule has 3 aliphatic rings. The van der Waals surface area contributed by atoms with Gasteiger partial charge in [0.25, 0.3) is 5.91 Å². The minimum absolute atomic E-state index is 0.0759. The molecule has 6 rings (SSSR count). The first kappa shape index (κ1) is 26.1. The largest absolute Gasteiger partial charge is 0.454 e. The lowest BCUT2D eigenvalue weighted by Crippen LogP contribution is -2.54. The molecule has 12 heteroatoms. The number of carbonyl (C=O) groups is 3. The van der Waals surface area contributed by atoms with Crippen molar-refractivity contribution in [3.8, 4) is 11.5 Å². The highest BCUT2D eigenvalue weighted by molar-refractivity contribution is 7.10. The van der Waals surface area contributed by atoms with Crippen LogP contribution >= 0.6 is 11.3 Å². The van der Waals surface area contributed by atoms with Gasteiger partial charge in [-0.3, -0.25) is 9.59 Å². The molecule has 0 radical (unpaired) electrons. The zero-order valence-corrected chi connectivity index (χ0v) is 23.0. The summed E-state index contributed by atoms with van der Waals surface area (Å²) < 4.78 is 10.8. The lowest BCUT2D eigenvalue weighted by molar-refractivity contribution is 0.101. The topological polar surface area (TPSA) is 117 Å². The Morgan fingerprint density at radius 2 is 1.70 bits per heavy atom. The van der Waals surface area contributed by atoms with Crippen LogP contribution < -0.4 is 19.7 Å². The maximum atomic E-state index is 13.2. The zero-order valence-electron chi connectivity index (χ0n) is 22.2. The number of ether oxygens (including phenoxy) is 2. The maximum absolute atomic E-state index is 13.2. The average Bonchev–Trinajstić information content (AvgIpc) is 3.67. The fourth-order valence-corrected chi connectivity index (χ4v) is 6.26. The Labute approximate surface area is 235 Å². The van der Waals surface area contributed by atoms with Crippen LogP contribution in [0.2, 0.25) is 0 Å². The predicted octanol–water partition coefficient (Wildman–Crippen LogP) is 3.84. The van der Waals surface area contributed by atoms with E-state index in [0.717, 1.165) is 36.8 Å². The van der Waals surface area contributed by atoms with Crippen molar-refractivity contribution < 1.29 is 23.9 Å². The molecule has 2 saturated heterocycles. The van der Waals surface area contributed by atoms with Crippen LogP contribution in [0.25, 0.3) is 0 Å². The van der Waals surface area contributed by atoms with Crippen molar-refractivity contribution in [3.63, 3.8) is 0 Å². The number of anilines is 2. The number of fused-ring (bicyclic) bond motifs is 1. The van der Waals surface area contributed by atoms with Gasteiger partial charge in [-0.05, 0) is 38.0 Å². The summed E-state index contributed by atoms with van der Waals surface area (Å²) in [7, 11) is 0. The van der Waals surface area contributed by atoms with E-state index in [4.69, 9.17) is 9.47 Å². The number of thiazole rings is 1. The lowest BCUT2D eigenvalue weighted by atomic mass is 9.98. The van der Waals surface area contributed by atoms with Gasteiger partial charge in [0.05, 0.1) is 10.7 Å². The fourth-order valence-electron chi connectivity index (χ4n) is 5.29. The van der Waals surface area contributed by atoms with E-state index < -0.39 is 0 Å². The Kier molecular flexibility index (Phi) is 7.25. The highest BCUT2D eigenvalue weighted by Gasteiger charge is 2.31. The van der Waals surface area contributed by atoms with Crippen LogP contribution in [0.5, 0.6) is 11.5 Å². The number of piperazine rings is 1. The number of urea groups is 1. The summed E-state index contributed by atoms with van der Waals surface area (Å²) in [5, 5.41) is 5.44. The number of hydrogen-bond donors (Lipinski definition) is 1. The van der Waals surface area contributed by atoms with Crippen molar-refractivity contribution in [3.05, 3.63) is 58.2 Å². The van der Waals surface area contributed by atoms with Crippen LogP contribution in [0, 0.1) is 0 Å². The summed E-state index contributed by atoms with van der Waals surface area (Å²) in [6.45, 7) is 5.71. The summed E-state index contributed by atoms with van der Waals surface area (Å²) in [6.07, 6.45) is 3.38. The molecule has 3 amide bonds. The molecule has 0 atom stereocenters. The number of rotatable bonds is 5. The Hall–Kier alpha value is -4.19. The second-order valence-corrected chi connectivity index (χ2v) is 10.9. The highest BCUT2D eigenvalue weighted by Crippen LogP contribution is 2.38. The molecule has 0 bridgehead atoms. The van der Waals surface area contributed by atoms with Crippen LogP contribution in [-0.4, -0.2) is 83.6 Å². The van der Waals surface area contributed by atoms with Gasteiger partial charge in [0.2, 0.25) is 6.79 Å². The first-order valence-electron chi connectivity index (χ1n) is 13.4. The molecule has 5 heterocycles. The zero-order chi connectivity index (χ0) is 27.6. The molecule has 2 fully saturated rings. The van der Waals surface area contributed by atoms with E-state index in [1.165, 1.54) is 18.3 Å². The predicted molar refractivity (Wildman–Crippen MR) is 150 cm³/mol. The van der Waals surface area contributed by atoms with Gasteiger partial charge in [-0.2, -0.15) is 0 Å². The Bertz CT molecular complexity index is 1410. The second kappa shape index (κ2) is 11.1. The van der Waals surface area contributed by atoms with Crippen molar-refractivity contribution >= 4 is 40.6 Å². The molecule has 0 spiro atoms. The summed E-state index contributed by atoms with van der Waals surface area (Å²) in [6, 6.07) is 9.16. The third-order valence-electron chi connectivity index (χ3n) is 7.53. The molecule has 1 aromatic carbocycles. The SMILES string of the molecule is CC(=O)c1cc2c(cc1NC(=O)c1csc(C3CCN(C(=O)N4CCN(c5ccccn5)CC4)CC3)n1)OCO2. The fraction of sp³-hybridized carbons (Fsp3) is 0.393. The molecule has 11 nitrogen and oxygen atoms in total. The van der Waals surface area contributed by atoms with Gasteiger partial charge in [0.15, 0.2) is 17.3 Å². The van der Waals surface area contributed by atoms with Gasteiger partial charge in [-0.25, -0.2) is 14.8 Å². The Morgan fingerprint density at radius 3 is 2.40 bits per heavy atom. The lowest BCUT2D eigenvalue weighted by Gasteiger charge is -2.39. The third kappa shape index (κ3) is 5.31. The first-order chi connectivity index (χ1) is 19.5. The first-order valence-corrected chi connectivity index (χ1v) is 14.3. The van der Waals surface area contributed by atoms with Crippen molar-refractivity contribution in [2.24, 2.45) is 0 Å². The van der Waals surface area contributed by atoms with Crippen LogP contribution in [-0.2, 0) is 0 Å². The van der Waals surface area contributed by atoms with Gasteiger partial charge < -0.3 is 29.5 Å². The third-order valence-corrected chi connectivity index (χ3v) is 8.54. The van der Waals surface area contributed by atoms with Gasteiger partial charge in [-0.15, -0.1) is 11.3 Å². The highest BCUT2D eigenvalue weighted by atomic mass is 32.1. The van der Waals surface area contributed by atoms with Crippen molar-refractivity contribution in [2.45, 2.75) is 25.7 Å². The molecule has 3 aromatic rings. The number of hydrogen-bond acceptors (Lipinski definition) is 9. The second-order valence-electron chi connectivity index (χ2n) is 10.0. The number of carbonyl (C=O) groups excluding carboxylic acids is 3. The van der Waals surface area contributed by atoms with E-state index in [1.807, 2.05) is 28.0 Å². The van der Waals surface area contributed by atoms with Crippen LogP contribution in [0.15, 0.2) is 41.9 Å². The summed E-state index contributed by atoms with van der Waals surface area (Å²) >= 11 is 1.45. The average molecular weight is 563 g/mol. The number of pyridine rings is 1. The van der Waals surface area contributed by atoms with E-state index in [2.05, 4.69) is 20.2 Å². The summed E-state index contributed by atoms with van der Waals surface area (Å²) in [5.41, 5.74) is 1.02. The molecule has 40 heavy (non-hydrogen) atoms. The van der Waals surface area contributed by atoms with Crippen molar-refractivity contribution in [1.29, 1.82) is 0 Å². The molecule has 1 N–H and O–H groups in total. The number of piperidine rings is 1. The number of likely N-dealkylation sites (tertiary alicyclic amines) is 1.